The Labute approximate surface area is 142 Å². The highest BCUT2D eigenvalue weighted by Gasteiger charge is 2.13. The number of fused-ring (bicyclic) bond motifs is 1. The molecule has 0 saturated carbocycles. The topological polar surface area (TPSA) is 37.3 Å². The van der Waals surface area contributed by atoms with E-state index in [4.69, 9.17) is 0 Å². The minimum Gasteiger partial charge on any atom is -0.508 e. The Morgan fingerprint density at radius 3 is 2.50 bits per heavy atom. The minimum atomic E-state index is 0.180. The number of phenolic OH excluding ortho intramolecular Hbond substituents is 1. The van der Waals surface area contributed by atoms with Crippen molar-refractivity contribution in [1.82, 2.24) is 0 Å². The second-order valence-electron chi connectivity index (χ2n) is 6.11. The van der Waals surface area contributed by atoms with Crippen LogP contribution in [0, 0.1) is 0 Å². The van der Waals surface area contributed by atoms with Crippen LogP contribution in [0.2, 0.25) is 0 Å². The summed E-state index contributed by atoms with van der Waals surface area (Å²) in [6.45, 7) is 1.90. The van der Waals surface area contributed by atoms with Crippen LogP contribution < -0.4 is 0 Å². The molecule has 0 bridgehead atoms. The lowest BCUT2D eigenvalue weighted by atomic mass is 9.91. The molecule has 0 aliphatic carbocycles. The molecule has 0 radical (unpaired) electrons. The molecule has 3 aromatic carbocycles. The highest BCUT2D eigenvalue weighted by Crippen LogP contribution is 2.28. The zero-order valence-corrected chi connectivity index (χ0v) is 14.0. The molecule has 0 aliphatic rings. The van der Waals surface area contributed by atoms with E-state index in [0.29, 0.717) is 6.42 Å². The van der Waals surface area contributed by atoms with Crippen LogP contribution in [0.5, 0.6) is 5.75 Å². The summed E-state index contributed by atoms with van der Waals surface area (Å²) in [4.78, 5) is 12.3. The van der Waals surface area contributed by atoms with Gasteiger partial charge in [0.1, 0.15) is 5.75 Å². The van der Waals surface area contributed by atoms with Crippen LogP contribution in [0.25, 0.3) is 10.8 Å². The van der Waals surface area contributed by atoms with Gasteiger partial charge in [0, 0.05) is 12.0 Å². The molecule has 2 heteroatoms. The van der Waals surface area contributed by atoms with Gasteiger partial charge in [0.05, 0.1) is 0 Å². The highest BCUT2D eigenvalue weighted by atomic mass is 16.3. The molecule has 0 heterocycles. The monoisotopic (exact) mass is 318 g/mol. The van der Waals surface area contributed by atoms with Gasteiger partial charge in [0.2, 0.25) is 0 Å². The maximum atomic E-state index is 12.3. The number of aryl methyl sites for hydroxylation is 2. The van der Waals surface area contributed by atoms with Crippen LogP contribution in [0.15, 0.2) is 60.7 Å². The van der Waals surface area contributed by atoms with E-state index in [1.54, 1.807) is 12.1 Å². The van der Waals surface area contributed by atoms with Gasteiger partial charge in [-0.2, -0.15) is 0 Å². The van der Waals surface area contributed by atoms with Gasteiger partial charge >= 0.3 is 0 Å². The molecule has 0 aromatic heterocycles. The van der Waals surface area contributed by atoms with Crippen molar-refractivity contribution in [2.24, 2.45) is 0 Å². The summed E-state index contributed by atoms with van der Waals surface area (Å²) in [6, 6.07) is 19.6. The summed E-state index contributed by atoms with van der Waals surface area (Å²) in [5, 5.41) is 11.8. The largest absolute Gasteiger partial charge is 0.508 e. The molecule has 2 nitrogen and oxygen atoms in total. The maximum absolute atomic E-state index is 12.3. The molecule has 0 unspecified atom stereocenters. The fourth-order valence-electron chi connectivity index (χ4n) is 3.22. The van der Waals surface area contributed by atoms with Gasteiger partial charge in [-0.05, 0) is 53.3 Å². The zero-order chi connectivity index (χ0) is 16.9. The number of benzene rings is 3. The Morgan fingerprint density at radius 1 is 0.958 bits per heavy atom. The van der Waals surface area contributed by atoms with Gasteiger partial charge in [-0.3, -0.25) is 4.79 Å². The molecule has 1 N–H and O–H groups in total. The number of ketones is 1. The zero-order valence-electron chi connectivity index (χ0n) is 14.0. The predicted molar refractivity (Wildman–Crippen MR) is 98.7 cm³/mol. The third-order valence-corrected chi connectivity index (χ3v) is 4.47. The molecule has 0 amide bonds. The molecule has 3 aromatic rings. The smallest absolute Gasteiger partial charge is 0.162 e. The van der Waals surface area contributed by atoms with Crippen molar-refractivity contribution in [3.05, 3.63) is 77.4 Å². The molecule has 0 fully saturated rings. The van der Waals surface area contributed by atoms with Crippen LogP contribution in [0.3, 0.4) is 0 Å². The molecule has 0 spiro atoms. The first kappa shape index (κ1) is 16.3. The van der Waals surface area contributed by atoms with Crippen LogP contribution >= 0.6 is 0 Å². The molecule has 122 valence electrons. The summed E-state index contributed by atoms with van der Waals surface area (Å²) in [6.07, 6.45) is 3.36. The van der Waals surface area contributed by atoms with E-state index in [0.717, 1.165) is 41.2 Å². The second kappa shape index (κ2) is 7.31. The van der Waals surface area contributed by atoms with Crippen molar-refractivity contribution in [3.63, 3.8) is 0 Å². The van der Waals surface area contributed by atoms with Crippen LogP contribution in [-0.4, -0.2) is 10.9 Å². The Hall–Kier alpha value is -2.61. The molecule has 24 heavy (non-hydrogen) atoms. The van der Waals surface area contributed by atoms with Crippen molar-refractivity contribution < 1.29 is 9.90 Å². The molecule has 0 atom stereocenters. The summed E-state index contributed by atoms with van der Waals surface area (Å²) in [5.74, 6) is 0.437. The Bertz CT molecular complexity index is 850. The number of carbonyl (C=O) groups excluding carboxylic acids is 1. The molecule has 3 rings (SSSR count). The van der Waals surface area contributed by atoms with E-state index in [2.05, 4.69) is 24.3 Å². The number of hydrogen-bond acceptors (Lipinski definition) is 2. The Morgan fingerprint density at radius 2 is 1.75 bits per heavy atom. The number of rotatable bonds is 6. The second-order valence-corrected chi connectivity index (χ2v) is 6.11. The number of aromatic hydroxyl groups is 1. The van der Waals surface area contributed by atoms with Crippen molar-refractivity contribution >= 4 is 16.6 Å². The van der Waals surface area contributed by atoms with Crippen molar-refractivity contribution in [3.8, 4) is 5.75 Å². The first-order valence-electron chi connectivity index (χ1n) is 8.50. The normalized spacial score (nSPS) is 10.9. The lowest BCUT2D eigenvalue weighted by Crippen LogP contribution is -2.04. The summed E-state index contributed by atoms with van der Waals surface area (Å²) >= 11 is 0. The van der Waals surface area contributed by atoms with Crippen LogP contribution in [0.4, 0.5) is 0 Å². The van der Waals surface area contributed by atoms with Crippen molar-refractivity contribution in [1.29, 1.82) is 0 Å². The third-order valence-electron chi connectivity index (χ3n) is 4.47. The number of Topliss-reactive ketones (excluding diaryl/α,β-unsaturated/α-hetero) is 1. The van der Waals surface area contributed by atoms with E-state index in [1.807, 2.05) is 31.2 Å². The molecular weight excluding hydrogens is 296 g/mol. The standard InChI is InChI=1S/C22H22O2/c1-2-22(24)21-13-11-17-15-18(23)12-14-19(17)20(21)10-6-9-16-7-4-3-5-8-16/h3-5,7-8,11-15,23H,2,6,9-10H2,1H3. The molecule has 0 saturated heterocycles. The third kappa shape index (κ3) is 3.48. The number of carbonyl (C=O) groups is 1. The highest BCUT2D eigenvalue weighted by molar-refractivity contribution is 6.02. The van der Waals surface area contributed by atoms with Gasteiger partial charge in [0.15, 0.2) is 5.78 Å². The van der Waals surface area contributed by atoms with Gasteiger partial charge in [-0.1, -0.05) is 55.5 Å². The Balaban J connectivity index is 1.92. The van der Waals surface area contributed by atoms with Crippen LogP contribution in [0.1, 0.15) is 41.3 Å². The molecular formula is C22H22O2. The average Bonchev–Trinajstić information content (AvgIpc) is 2.61. The predicted octanol–water partition coefficient (Wildman–Crippen LogP) is 5.31. The number of phenols is 1. The van der Waals surface area contributed by atoms with Crippen LogP contribution in [-0.2, 0) is 12.8 Å². The maximum Gasteiger partial charge on any atom is 0.162 e. The van der Waals surface area contributed by atoms with Gasteiger partial charge in [0.25, 0.3) is 0 Å². The first-order chi connectivity index (χ1) is 11.7. The molecule has 0 aliphatic heterocycles. The van der Waals surface area contributed by atoms with Gasteiger partial charge in [-0.25, -0.2) is 0 Å². The SMILES string of the molecule is CCC(=O)c1ccc2cc(O)ccc2c1CCCc1ccccc1. The lowest BCUT2D eigenvalue weighted by Gasteiger charge is -2.12. The first-order valence-corrected chi connectivity index (χ1v) is 8.50. The van der Waals surface area contributed by atoms with Crippen molar-refractivity contribution in [2.45, 2.75) is 32.6 Å². The summed E-state index contributed by atoms with van der Waals surface area (Å²) in [5.41, 5.74) is 3.25. The minimum absolute atomic E-state index is 0.180. The van der Waals surface area contributed by atoms with E-state index >= 15 is 0 Å². The number of hydrogen-bond donors (Lipinski definition) is 1. The Kier molecular flexibility index (Phi) is 4.95. The summed E-state index contributed by atoms with van der Waals surface area (Å²) in [7, 11) is 0. The van der Waals surface area contributed by atoms with Gasteiger partial charge in [-0.15, -0.1) is 0 Å². The van der Waals surface area contributed by atoms with E-state index in [-0.39, 0.29) is 11.5 Å². The average molecular weight is 318 g/mol. The van der Waals surface area contributed by atoms with E-state index in [9.17, 15) is 9.90 Å². The van der Waals surface area contributed by atoms with Gasteiger partial charge < -0.3 is 5.11 Å². The summed E-state index contributed by atoms with van der Waals surface area (Å²) < 4.78 is 0. The van der Waals surface area contributed by atoms with E-state index in [1.165, 1.54) is 5.56 Å². The van der Waals surface area contributed by atoms with E-state index < -0.39 is 0 Å². The fourth-order valence-corrected chi connectivity index (χ4v) is 3.22. The quantitative estimate of drug-likeness (QED) is 0.625. The van der Waals surface area contributed by atoms with Crippen molar-refractivity contribution in [2.75, 3.05) is 0 Å². The lowest BCUT2D eigenvalue weighted by molar-refractivity contribution is 0.0987. The fraction of sp³-hybridized carbons (Fsp3) is 0.227.